The second kappa shape index (κ2) is 11.2. The van der Waals surface area contributed by atoms with Gasteiger partial charge in [0.1, 0.15) is 6.07 Å². The molecule has 37 heavy (non-hydrogen) atoms. The van der Waals surface area contributed by atoms with E-state index >= 15 is 0 Å². The van der Waals surface area contributed by atoms with Crippen LogP contribution in [0.15, 0.2) is 23.3 Å². The first-order valence-corrected chi connectivity index (χ1v) is 14.4. The average Bonchev–Trinajstić information content (AvgIpc) is 2.81. The maximum atomic E-state index is 12.9. The van der Waals surface area contributed by atoms with Crippen molar-refractivity contribution in [3.05, 3.63) is 23.3 Å². The minimum atomic E-state index is -0.515. The number of hydrogen-bond donors (Lipinski definition) is 1. The van der Waals surface area contributed by atoms with Crippen molar-refractivity contribution in [3.8, 4) is 6.07 Å². The van der Waals surface area contributed by atoms with Crippen molar-refractivity contribution in [2.24, 2.45) is 38.9 Å². The van der Waals surface area contributed by atoms with Crippen LogP contribution in [-0.2, 0) is 9.59 Å². The highest BCUT2D eigenvalue weighted by Crippen LogP contribution is 2.65. The van der Waals surface area contributed by atoms with Gasteiger partial charge in [-0.3, -0.25) is 9.59 Å². The van der Waals surface area contributed by atoms with E-state index in [-0.39, 0.29) is 57.2 Å². The molecule has 1 saturated carbocycles. The molecule has 0 aromatic rings. The highest BCUT2D eigenvalue weighted by atomic mass is 16.3. The van der Waals surface area contributed by atoms with Crippen LogP contribution in [0.25, 0.3) is 0 Å². The number of aliphatic hydroxyl groups is 1. The molecular formula is C33H53NO3. The lowest BCUT2D eigenvalue weighted by Crippen LogP contribution is -2.52. The van der Waals surface area contributed by atoms with E-state index in [1.807, 2.05) is 13.0 Å². The van der Waals surface area contributed by atoms with Crippen LogP contribution >= 0.6 is 0 Å². The summed E-state index contributed by atoms with van der Waals surface area (Å²) in [4.78, 5) is 25.4. The molecule has 0 radical (unpaired) electrons. The molecule has 0 aromatic heterocycles. The minimum Gasteiger partial charge on any atom is -0.396 e. The number of rotatable bonds is 11. The lowest BCUT2D eigenvalue weighted by molar-refractivity contribution is -0.123. The Morgan fingerprint density at radius 2 is 1.73 bits per heavy atom. The Bertz CT molecular complexity index is 980. The van der Waals surface area contributed by atoms with Crippen LogP contribution < -0.4 is 0 Å². The predicted molar refractivity (Wildman–Crippen MR) is 152 cm³/mol. The van der Waals surface area contributed by atoms with E-state index in [1.54, 1.807) is 13.0 Å². The molecule has 4 heteroatoms. The van der Waals surface area contributed by atoms with E-state index in [4.69, 9.17) is 0 Å². The van der Waals surface area contributed by atoms with Crippen LogP contribution in [0.1, 0.15) is 121 Å². The molecule has 4 nitrogen and oxygen atoms in total. The molecule has 0 spiro atoms. The first-order valence-electron chi connectivity index (χ1n) is 14.4. The Labute approximate surface area is 227 Å². The van der Waals surface area contributed by atoms with Gasteiger partial charge in [0.05, 0.1) is 5.57 Å². The second-order valence-corrected chi connectivity index (χ2v) is 14.5. The van der Waals surface area contributed by atoms with Gasteiger partial charge in [-0.25, -0.2) is 0 Å². The highest BCUT2D eigenvalue weighted by Gasteiger charge is 2.58. The molecule has 0 aliphatic heterocycles. The van der Waals surface area contributed by atoms with Gasteiger partial charge >= 0.3 is 0 Å². The van der Waals surface area contributed by atoms with Crippen LogP contribution in [0.4, 0.5) is 0 Å². The summed E-state index contributed by atoms with van der Waals surface area (Å²) < 4.78 is 0. The number of Topliss-reactive ketones (excluding diaryl/α,β-unsaturated/α-hetero) is 1. The molecule has 1 fully saturated rings. The molecule has 5 atom stereocenters. The summed E-state index contributed by atoms with van der Waals surface area (Å²) in [5, 5.41) is 20.2. The van der Waals surface area contributed by atoms with Gasteiger partial charge in [0.15, 0.2) is 11.6 Å². The SMILES string of the molecule is CCCC(C)(C)CC[C@](C)(CO)CCC(C)(C)[C@]1(C)CC[C@H]2[C@H](C)C(=O)C(C#N)=C[C@]2(C)/C1=C/C(C)=O. The fraction of sp³-hybridized carbons (Fsp3) is 0.788. The Balaban J connectivity index is 2.44. The summed E-state index contributed by atoms with van der Waals surface area (Å²) >= 11 is 0. The van der Waals surface area contributed by atoms with E-state index in [1.165, 1.54) is 12.8 Å². The fourth-order valence-corrected chi connectivity index (χ4v) is 7.35. The summed E-state index contributed by atoms with van der Waals surface area (Å²) in [7, 11) is 0. The van der Waals surface area contributed by atoms with Crippen LogP contribution in [0.5, 0.6) is 0 Å². The van der Waals surface area contributed by atoms with Gasteiger partial charge in [-0.05, 0) is 85.5 Å². The normalized spacial score (nSPS) is 31.4. The maximum absolute atomic E-state index is 12.9. The third-order valence-corrected chi connectivity index (χ3v) is 10.7. The van der Waals surface area contributed by atoms with E-state index in [0.717, 1.165) is 44.1 Å². The number of fused-ring (bicyclic) bond motifs is 1. The molecule has 2 aliphatic carbocycles. The molecule has 2 rings (SSSR count). The zero-order valence-electron chi connectivity index (χ0n) is 25.4. The van der Waals surface area contributed by atoms with Crippen molar-refractivity contribution in [3.63, 3.8) is 0 Å². The Morgan fingerprint density at radius 3 is 2.24 bits per heavy atom. The monoisotopic (exact) mass is 511 g/mol. The van der Waals surface area contributed by atoms with Gasteiger partial charge in [0, 0.05) is 17.9 Å². The summed E-state index contributed by atoms with van der Waals surface area (Å²) in [5.74, 6) is -0.222. The van der Waals surface area contributed by atoms with Gasteiger partial charge < -0.3 is 5.11 Å². The van der Waals surface area contributed by atoms with Gasteiger partial charge in [-0.15, -0.1) is 0 Å². The van der Waals surface area contributed by atoms with E-state index in [9.17, 15) is 20.0 Å². The van der Waals surface area contributed by atoms with Crippen molar-refractivity contribution in [2.45, 2.75) is 121 Å². The van der Waals surface area contributed by atoms with Crippen LogP contribution in [0.2, 0.25) is 0 Å². The number of nitriles is 1. The lowest BCUT2D eigenvalue weighted by Gasteiger charge is -2.59. The molecular weight excluding hydrogens is 458 g/mol. The first kappa shape index (κ1) is 31.5. The molecule has 0 bridgehead atoms. The molecule has 2 aliphatic rings. The molecule has 0 amide bonds. The fourth-order valence-electron chi connectivity index (χ4n) is 7.35. The molecule has 0 unspecified atom stereocenters. The quantitative estimate of drug-likeness (QED) is 0.285. The number of carbonyl (C=O) groups is 2. The Kier molecular flexibility index (Phi) is 9.51. The highest BCUT2D eigenvalue weighted by molar-refractivity contribution is 6.02. The number of hydrogen-bond acceptors (Lipinski definition) is 4. The Hall–Kier alpha value is -1.73. The first-order chi connectivity index (χ1) is 16.9. The van der Waals surface area contributed by atoms with Gasteiger partial charge in [-0.1, -0.05) is 80.4 Å². The summed E-state index contributed by atoms with van der Waals surface area (Å²) in [6.07, 6.45) is 11.7. The second-order valence-electron chi connectivity index (χ2n) is 14.5. The largest absolute Gasteiger partial charge is 0.396 e. The molecule has 0 heterocycles. The Morgan fingerprint density at radius 1 is 1.14 bits per heavy atom. The van der Waals surface area contributed by atoms with Crippen molar-refractivity contribution in [1.29, 1.82) is 5.26 Å². The van der Waals surface area contributed by atoms with Crippen molar-refractivity contribution >= 4 is 11.6 Å². The minimum absolute atomic E-state index is 0.00807. The smallest absolute Gasteiger partial charge is 0.176 e. The summed E-state index contributed by atoms with van der Waals surface area (Å²) in [6.45, 7) is 21.8. The van der Waals surface area contributed by atoms with Crippen molar-refractivity contribution in [1.82, 2.24) is 0 Å². The lowest BCUT2D eigenvalue weighted by atomic mass is 9.44. The van der Waals surface area contributed by atoms with E-state index in [0.29, 0.717) is 0 Å². The van der Waals surface area contributed by atoms with Gasteiger partial charge in [0.25, 0.3) is 0 Å². The number of carbonyl (C=O) groups excluding carboxylic acids is 2. The predicted octanol–water partition coefficient (Wildman–Crippen LogP) is 8.00. The summed E-state index contributed by atoms with van der Waals surface area (Å²) in [6, 6.07) is 2.14. The average molecular weight is 512 g/mol. The van der Waals surface area contributed by atoms with Gasteiger partial charge in [0.2, 0.25) is 0 Å². The number of aliphatic hydroxyl groups excluding tert-OH is 1. The summed E-state index contributed by atoms with van der Waals surface area (Å²) in [5.41, 5.74) is 0.475. The van der Waals surface area contributed by atoms with Gasteiger partial charge in [-0.2, -0.15) is 5.26 Å². The van der Waals surface area contributed by atoms with E-state index in [2.05, 4.69) is 61.5 Å². The molecule has 1 N–H and O–H groups in total. The third-order valence-electron chi connectivity index (χ3n) is 10.7. The van der Waals surface area contributed by atoms with Crippen LogP contribution in [0, 0.1) is 50.2 Å². The zero-order chi connectivity index (χ0) is 28.4. The van der Waals surface area contributed by atoms with Crippen molar-refractivity contribution < 1.29 is 14.7 Å². The molecule has 0 aromatic carbocycles. The number of nitrogens with zero attached hydrogens (tertiary/aromatic N) is 1. The number of allylic oxidation sites excluding steroid dienone is 4. The third kappa shape index (κ3) is 6.30. The van der Waals surface area contributed by atoms with Crippen molar-refractivity contribution in [2.75, 3.05) is 6.61 Å². The van der Waals surface area contributed by atoms with Crippen LogP contribution in [0.3, 0.4) is 0 Å². The zero-order valence-corrected chi connectivity index (χ0v) is 25.4. The number of ketones is 2. The van der Waals surface area contributed by atoms with E-state index < -0.39 is 5.41 Å². The topological polar surface area (TPSA) is 78.2 Å². The molecule has 208 valence electrons. The van der Waals surface area contributed by atoms with Crippen LogP contribution in [-0.4, -0.2) is 23.3 Å². The standard InChI is InChI=1S/C33H53NO3/c1-11-13-29(4,5)15-17-31(8,22-35)18-16-30(6,7)33(10)14-12-26-24(3)28(37)25(21-34)20-32(26,9)27(33)19-23(2)36/h19-20,24,26,35H,11-18,22H2,1-10H3/b27-19-/t24-,26-,31-,32-,33+/m0/s1. The molecule has 0 saturated heterocycles. The maximum Gasteiger partial charge on any atom is 0.176 e.